The predicted octanol–water partition coefficient (Wildman–Crippen LogP) is 7.49. The second kappa shape index (κ2) is 13.0. The molecule has 5 rings (SSSR count). The van der Waals surface area contributed by atoms with E-state index >= 15 is 0 Å². The monoisotopic (exact) mass is 622 g/mol. The predicted molar refractivity (Wildman–Crippen MR) is 175 cm³/mol. The van der Waals surface area contributed by atoms with Crippen LogP contribution in [0.2, 0.25) is 0 Å². The molecule has 0 aliphatic heterocycles. The van der Waals surface area contributed by atoms with Crippen molar-refractivity contribution in [3.05, 3.63) is 131 Å². The van der Waals surface area contributed by atoms with Crippen LogP contribution in [0, 0.1) is 0 Å². The summed E-state index contributed by atoms with van der Waals surface area (Å²) in [5.41, 5.74) is 7.13. The van der Waals surface area contributed by atoms with Gasteiger partial charge in [-0.2, -0.15) is 8.42 Å². The lowest BCUT2D eigenvalue weighted by Crippen LogP contribution is -2.12. The summed E-state index contributed by atoms with van der Waals surface area (Å²) in [6, 6.07) is 32.4. The van der Waals surface area contributed by atoms with Crippen LogP contribution < -0.4 is 0 Å². The Bertz CT molecular complexity index is 1920. The molecule has 4 aromatic carbocycles. The highest BCUT2D eigenvalue weighted by Gasteiger charge is 2.22. The molecule has 8 nitrogen and oxygen atoms in total. The maximum Gasteiger partial charge on any atom is 0.276 e. The van der Waals surface area contributed by atoms with Crippen LogP contribution in [0.4, 0.5) is 0 Å². The summed E-state index contributed by atoms with van der Waals surface area (Å²) in [5.74, 6) is -0.637. The summed E-state index contributed by atoms with van der Waals surface area (Å²) in [5, 5.41) is 14.2. The van der Waals surface area contributed by atoms with E-state index in [1.165, 1.54) is 5.56 Å². The molecule has 5 aromatic rings. The maximum absolute atomic E-state index is 12.4. The fraction of sp³-hybridized carbons (Fsp3) is 0.194. The summed E-state index contributed by atoms with van der Waals surface area (Å²) in [4.78, 5) is 16.0. The van der Waals surface area contributed by atoms with Crippen molar-refractivity contribution in [2.24, 2.45) is 4.99 Å². The van der Waals surface area contributed by atoms with E-state index in [1.54, 1.807) is 24.3 Å². The minimum Gasteiger partial charge on any atom is -0.508 e. The lowest BCUT2D eigenvalue weighted by molar-refractivity contribution is 0.100. The topological polar surface area (TPSA) is 130 Å². The second-order valence-electron chi connectivity index (χ2n) is 11.9. The van der Waals surface area contributed by atoms with Crippen molar-refractivity contribution in [2.75, 3.05) is 5.75 Å². The molecule has 1 heterocycles. The Hall–Kier alpha value is -4.86. The fourth-order valence-electron chi connectivity index (χ4n) is 5.01. The van der Waals surface area contributed by atoms with Crippen LogP contribution in [0.5, 0.6) is 5.75 Å². The third kappa shape index (κ3) is 8.20. The van der Waals surface area contributed by atoms with Gasteiger partial charge in [0.15, 0.2) is 5.76 Å². The first-order chi connectivity index (χ1) is 21.4. The van der Waals surface area contributed by atoms with Gasteiger partial charge in [0.1, 0.15) is 11.5 Å². The number of aromatic nitrogens is 1. The van der Waals surface area contributed by atoms with Crippen LogP contribution in [0.15, 0.2) is 113 Å². The molecule has 230 valence electrons. The van der Waals surface area contributed by atoms with Gasteiger partial charge in [0.25, 0.3) is 16.0 Å². The summed E-state index contributed by atoms with van der Waals surface area (Å²) in [6.45, 7) is 6.52. The van der Waals surface area contributed by atoms with Crippen LogP contribution in [0.25, 0.3) is 22.5 Å². The fourth-order valence-corrected chi connectivity index (χ4v) is 5.27. The van der Waals surface area contributed by atoms with Gasteiger partial charge in [-0.05, 0) is 70.0 Å². The van der Waals surface area contributed by atoms with Gasteiger partial charge in [-0.25, -0.2) is 4.99 Å². The highest BCUT2D eigenvalue weighted by Crippen LogP contribution is 2.34. The number of carbonyl (C=O) groups excluding carboxylic acids is 1. The minimum absolute atomic E-state index is 0.00378. The molecule has 0 radical (unpaired) electrons. The Morgan fingerprint density at radius 2 is 1.56 bits per heavy atom. The van der Waals surface area contributed by atoms with E-state index in [0.717, 1.165) is 39.7 Å². The number of hydrogen-bond acceptors (Lipinski definition) is 6. The number of phenolic OH excluding ortho intramolecular Hbond substituents is 1. The first kappa shape index (κ1) is 31.6. The highest BCUT2D eigenvalue weighted by molar-refractivity contribution is 7.86. The minimum atomic E-state index is -4.24. The number of aromatic hydroxyl groups is 1. The highest BCUT2D eigenvalue weighted by atomic mass is 32.2. The van der Waals surface area contributed by atoms with Crippen LogP contribution in [-0.2, 0) is 22.0 Å². The maximum atomic E-state index is 12.4. The summed E-state index contributed by atoms with van der Waals surface area (Å²) >= 11 is 0. The van der Waals surface area contributed by atoms with Gasteiger partial charge >= 0.3 is 0 Å². The lowest BCUT2D eigenvalue weighted by atomic mass is 9.83. The standard InChI is InChI=1S/C36H34N2O6S/c1-36(2,3)30-15-11-26(12-16-30)32(21-24-7-9-27(10-8-24)35(40)37-19-20-45(41,42)43)33-23-34(44-38-33)29-6-4-5-28(22-29)25-13-17-31(39)18-14-25/h4-19,22-23,32,39H,20-21H2,1-3H3,(H,41,42,43). The zero-order valence-electron chi connectivity index (χ0n) is 25.2. The third-order valence-electron chi connectivity index (χ3n) is 7.55. The quantitative estimate of drug-likeness (QED) is 0.129. The average molecular weight is 623 g/mol. The summed E-state index contributed by atoms with van der Waals surface area (Å²) < 4.78 is 36.5. The average Bonchev–Trinajstić information content (AvgIpc) is 3.50. The van der Waals surface area contributed by atoms with Gasteiger partial charge in [-0.1, -0.05) is 92.7 Å². The van der Waals surface area contributed by atoms with Gasteiger partial charge in [0, 0.05) is 29.3 Å². The Labute approximate surface area is 262 Å². The molecule has 1 atom stereocenters. The number of aliphatic imine (C=N–C) groups is 1. The molecular weight excluding hydrogens is 588 g/mol. The number of rotatable bonds is 9. The zero-order valence-corrected chi connectivity index (χ0v) is 26.0. The van der Waals surface area contributed by atoms with Gasteiger partial charge in [-0.3, -0.25) is 9.35 Å². The Morgan fingerprint density at radius 3 is 2.20 bits per heavy atom. The van der Waals surface area contributed by atoms with E-state index in [-0.39, 0.29) is 17.1 Å². The van der Waals surface area contributed by atoms with Crippen molar-refractivity contribution in [1.82, 2.24) is 5.16 Å². The Morgan fingerprint density at radius 1 is 0.889 bits per heavy atom. The Balaban J connectivity index is 1.43. The number of carbonyl (C=O) groups is 1. The molecule has 0 spiro atoms. The van der Waals surface area contributed by atoms with Crippen molar-refractivity contribution in [3.63, 3.8) is 0 Å². The summed E-state index contributed by atoms with van der Waals surface area (Å²) in [6.07, 6.45) is 1.46. The number of amides is 1. The van der Waals surface area contributed by atoms with Gasteiger partial charge in [0.2, 0.25) is 0 Å². The van der Waals surface area contributed by atoms with Crippen molar-refractivity contribution in [3.8, 4) is 28.2 Å². The van der Waals surface area contributed by atoms with Gasteiger partial charge in [-0.15, -0.1) is 0 Å². The first-order valence-electron chi connectivity index (χ1n) is 14.4. The second-order valence-corrected chi connectivity index (χ2v) is 13.4. The molecule has 1 unspecified atom stereocenters. The Kier molecular flexibility index (Phi) is 9.13. The third-order valence-corrected chi connectivity index (χ3v) is 8.12. The molecule has 1 aromatic heterocycles. The first-order valence-corrected chi connectivity index (χ1v) is 16.0. The van der Waals surface area contributed by atoms with E-state index < -0.39 is 21.8 Å². The molecule has 0 saturated carbocycles. The molecule has 0 aliphatic rings. The largest absolute Gasteiger partial charge is 0.508 e. The molecule has 2 N–H and O–H groups in total. The molecule has 9 heteroatoms. The van der Waals surface area contributed by atoms with Gasteiger partial charge in [0.05, 0.1) is 5.69 Å². The zero-order chi connectivity index (χ0) is 32.2. The molecule has 0 saturated heterocycles. The molecule has 0 aliphatic carbocycles. The van der Waals surface area contributed by atoms with Crippen molar-refractivity contribution in [1.29, 1.82) is 0 Å². The molecule has 1 amide bonds. The lowest BCUT2D eigenvalue weighted by Gasteiger charge is -2.21. The van der Waals surface area contributed by atoms with Crippen molar-refractivity contribution < 1.29 is 27.4 Å². The van der Waals surface area contributed by atoms with Crippen LogP contribution in [0.3, 0.4) is 0 Å². The molecule has 45 heavy (non-hydrogen) atoms. The van der Waals surface area contributed by atoms with E-state index in [9.17, 15) is 18.3 Å². The SMILES string of the molecule is CC(C)(C)c1ccc(C(Cc2ccc(C(=O)N=CCS(=O)(=O)O)cc2)c2cc(-c3cccc(-c4ccc(O)cc4)c3)on2)cc1. The molecule has 0 bridgehead atoms. The number of hydrogen-bond donors (Lipinski definition) is 2. The van der Waals surface area contributed by atoms with Crippen LogP contribution in [0.1, 0.15) is 59.4 Å². The van der Waals surface area contributed by atoms with E-state index in [2.05, 4.69) is 55.2 Å². The van der Waals surface area contributed by atoms with Gasteiger partial charge < -0.3 is 9.63 Å². The van der Waals surface area contributed by atoms with E-state index in [0.29, 0.717) is 17.7 Å². The van der Waals surface area contributed by atoms with E-state index in [4.69, 9.17) is 9.08 Å². The number of benzene rings is 4. The van der Waals surface area contributed by atoms with E-state index in [1.807, 2.05) is 54.6 Å². The van der Waals surface area contributed by atoms with Crippen molar-refractivity contribution >= 4 is 22.2 Å². The van der Waals surface area contributed by atoms with Crippen LogP contribution in [-0.4, -0.2) is 41.1 Å². The number of nitrogens with zero attached hydrogens (tertiary/aromatic N) is 2. The smallest absolute Gasteiger partial charge is 0.276 e. The molecule has 0 fully saturated rings. The van der Waals surface area contributed by atoms with Crippen LogP contribution >= 0.6 is 0 Å². The summed E-state index contributed by atoms with van der Waals surface area (Å²) in [7, 11) is -4.24. The molecular formula is C36H34N2O6S. The van der Waals surface area contributed by atoms with Crippen molar-refractivity contribution in [2.45, 2.75) is 38.5 Å². The normalized spacial score (nSPS) is 12.8. The number of phenols is 1.